The summed E-state index contributed by atoms with van der Waals surface area (Å²) in [6, 6.07) is 1.66. The third-order valence-corrected chi connectivity index (χ3v) is 3.97. The summed E-state index contributed by atoms with van der Waals surface area (Å²) in [4.78, 5) is 40.7. The number of carbonyl (C=O) groups is 2. The van der Waals surface area contributed by atoms with Crippen LogP contribution in [0.4, 0.5) is 5.69 Å². The third-order valence-electron chi connectivity index (χ3n) is 3.75. The van der Waals surface area contributed by atoms with E-state index in [0.717, 1.165) is 4.57 Å². The number of nitrogens with zero attached hydrogens (tertiary/aromatic N) is 2. The molecule has 3 rings (SSSR count). The molecule has 0 saturated heterocycles. The molecule has 1 aliphatic carbocycles. The number of aromatic nitrogens is 2. The lowest BCUT2D eigenvalue weighted by Gasteiger charge is -2.24. The molecule has 0 radical (unpaired) electrons. The van der Waals surface area contributed by atoms with E-state index in [0.29, 0.717) is 0 Å². The summed E-state index contributed by atoms with van der Waals surface area (Å²) < 4.78 is 23.9. The maximum atomic E-state index is 13.0. The molecule has 1 aromatic carbocycles. The van der Waals surface area contributed by atoms with Crippen molar-refractivity contribution in [3.8, 4) is 0 Å². The molecule has 0 aliphatic heterocycles. The van der Waals surface area contributed by atoms with Crippen LogP contribution < -0.4 is 11.3 Å². The zero-order valence-corrected chi connectivity index (χ0v) is 12.2. The fourth-order valence-electron chi connectivity index (χ4n) is 2.74. The van der Waals surface area contributed by atoms with Crippen molar-refractivity contribution in [2.75, 3.05) is 5.73 Å². The molecule has 1 aliphatic rings. The fraction of sp³-hybridized carbons (Fsp3) is 0.333. The van der Waals surface area contributed by atoms with Gasteiger partial charge in [-0.2, -0.15) is 0 Å². The lowest BCUT2D eigenvalue weighted by Crippen LogP contribution is -2.36. The van der Waals surface area contributed by atoms with Gasteiger partial charge in [0.1, 0.15) is 11.6 Å². The van der Waals surface area contributed by atoms with E-state index in [1.165, 1.54) is 12.1 Å². The highest BCUT2D eigenvalue weighted by atomic mass is 35.5. The van der Waals surface area contributed by atoms with Gasteiger partial charge in [0, 0.05) is 21.2 Å². The number of fused-ring (bicyclic) bond motifs is 1. The SMILES string of the molecule is [2H]C([2H])([2H])c1nc2cc(Cl)cc(N)c2c(=O)n1C1CCC(=O)CC1=O. The smallest absolute Gasteiger partial charge is 0.264 e. The van der Waals surface area contributed by atoms with Crippen molar-refractivity contribution < 1.29 is 13.7 Å². The Kier molecular flexibility index (Phi) is 2.69. The zero-order chi connectivity index (χ0) is 18.5. The number of anilines is 1. The van der Waals surface area contributed by atoms with Gasteiger partial charge in [-0.05, 0) is 25.4 Å². The van der Waals surface area contributed by atoms with E-state index in [2.05, 4.69) is 4.98 Å². The van der Waals surface area contributed by atoms with Gasteiger partial charge < -0.3 is 5.73 Å². The largest absolute Gasteiger partial charge is 0.398 e. The summed E-state index contributed by atoms with van der Waals surface area (Å²) >= 11 is 5.91. The lowest BCUT2D eigenvalue weighted by molar-refractivity contribution is -0.132. The molecular formula is C15H14ClN3O3. The number of nitrogens with two attached hydrogens (primary N) is 1. The quantitative estimate of drug-likeness (QED) is 0.638. The Bertz CT molecular complexity index is 968. The van der Waals surface area contributed by atoms with E-state index in [-0.39, 0.29) is 46.7 Å². The number of halogens is 1. The van der Waals surface area contributed by atoms with E-state index >= 15 is 0 Å². The molecule has 1 heterocycles. The summed E-state index contributed by atoms with van der Waals surface area (Å²) in [7, 11) is 0. The Balaban J connectivity index is 2.36. The van der Waals surface area contributed by atoms with Gasteiger partial charge >= 0.3 is 0 Å². The average molecular weight is 323 g/mol. The molecule has 1 fully saturated rings. The Morgan fingerprint density at radius 1 is 1.41 bits per heavy atom. The zero-order valence-electron chi connectivity index (χ0n) is 14.4. The van der Waals surface area contributed by atoms with Gasteiger partial charge in [0.15, 0.2) is 5.78 Å². The Morgan fingerprint density at radius 3 is 2.86 bits per heavy atom. The monoisotopic (exact) mass is 322 g/mol. The molecule has 22 heavy (non-hydrogen) atoms. The molecule has 0 amide bonds. The van der Waals surface area contributed by atoms with E-state index in [4.69, 9.17) is 21.4 Å². The molecule has 2 aromatic rings. The van der Waals surface area contributed by atoms with Crippen LogP contribution in [0.2, 0.25) is 5.02 Å². The van der Waals surface area contributed by atoms with Crippen LogP contribution in [-0.2, 0) is 9.59 Å². The summed E-state index contributed by atoms with van der Waals surface area (Å²) in [6.07, 6.45) is -0.176. The number of carbonyl (C=O) groups excluding carboxylic acids is 2. The first kappa shape index (κ1) is 11.4. The first-order valence-electron chi connectivity index (χ1n) is 8.15. The van der Waals surface area contributed by atoms with E-state index in [9.17, 15) is 14.4 Å². The second kappa shape index (κ2) is 5.21. The van der Waals surface area contributed by atoms with Crippen molar-refractivity contribution in [3.05, 3.63) is 33.3 Å². The van der Waals surface area contributed by atoms with Crippen LogP contribution in [0, 0.1) is 6.85 Å². The van der Waals surface area contributed by atoms with Gasteiger partial charge in [-0.15, -0.1) is 0 Å². The van der Waals surface area contributed by atoms with Crippen molar-refractivity contribution in [1.82, 2.24) is 9.55 Å². The molecule has 0 spiro atoms. The van der Waals surface area contributed by atoms with Crippen molar-refractivity contribution in [1.29, 1.82) is 0 Å². The van der Waals surface area contributed by atoms with Crippen LogP contribution in [0.3, 0.4) is 0 Å². The Hall–Kier alpha value is -2.21. The minimum atomic E-state index is -2.73. The van der Waals surface area contributed by atoms with Crippen LogP contribution in [0.5, 0.6) is 0 Å². The molecule has 7 heteroatoms. The minimum absolute atomic E-state index is 0.00194. The second-order valence-corrected chi connectivity index (χ2v) is 5.67. The van der Waals surface area contributed by atoms with Crippen LogP contribution in [0.15, 0.2) is 16.9 Å². The number of Topliss-reactive ketones (excluding diaryl/α,β-unsaturated/α-hetero) is 2. The van der Waals surface area contributed by atoms with Crippen molar-refractivity contribution in [3.63, 3.8) is 0 Å². The van der Waals surface area contributed by atoms with Crippen molar-refractivity contribution in [2.45, 2.75) is 32.2 Å². The summed E-state index contributed by atoms with van der Waals surface area (Å²) in [5.41, 5.74) is 5.23. The number of hydrogen-bond donors (Lipinski definition) is 1. The van der Waals surface area contributed by atoms with Crippen LogP contribution >= 0.6 is 11.6 Å². The highest BCUT2D eigenvalue weighted by Gasteiger charge is 2.30. The van der Waals surface area contributed by atoms with Gasteiger partial charge in [-0.3, -0.25) is 19.0 Å². The molecule has 1 saturated carbocycles. The summed E-state index contributed by atoms with van der Waals surface area (Å²) in [5, 5.41) is 0.215. The summed E-state index contributed by atoms with van der Waals surface area (Å²) in [6.45, 7) is -2.73. The molecule has 1 aromatic heterocycles. The molecule has 1 atom stereocenters. The Labute approximate surface area is 135 Å². The van der Waals surface area contributed by atoms with Gasteiger partial charge in [0.2, 0.25) is 0 Å². The number of aryl methyl sites for hydroxylation is 1. The standard InChI is InChI=1S/C15H14ClN3O3/c1-7-18-11-5-8(16)4-10(17)14(11)15(22)19(7)12-3-2-9(20)6-13(12)21/h4-5,12H,2-3,6,17H2,1H3/i1D3. The van der Waals surface area contributed by atoms with Crippen LogP contribution in [0.25, 0.3) is 10.9 Å². The van der Waals surface area contributed by atoms with E-state index in [1.54, 1.807) is 0 Å². The van der Waals surface area contributed by atoms with Gasteiger partial charge in [-0.25, -0.2) is 4.98 Å². The predicted octanol–water partition coefficient (Wildman–Crippen LogP) is 1.80. The normalized spacial score (nSPS) is 21.5. The third kappa shape index (κ3) is 2.29. The Morgan fingerprint density at radius 2 is 2.18 bits per heavy atom. The molecule has 2 N–H and O–H groups in total. The van der Waals surface area contributed by atoms with E-state index < -0.39 is 30.1 Å². The fourth-order valence-corrected chi connectivity index (χ4v) is 2.96. The second-order valence-electron chi connectivity index (χ2n) is 5.24. The average Bonchev–Trinajstić information content (AvgIpc) is 2.46. The van der Waals surface area contributed by atoms with Gasteiger partial charge in [0.25, 0.3) is 5.56 Å². The first-order valence-corrected chi connectivity index (χ1v) is 7.03. The highest BCUT2D eigenvalue weighted by molar-refractivity contribution is 6.31. The van der Waals surface area contributed by atoms with Crippen LogP contribution in [0.1, 0.15) is 35.2 Å². The minimum Gasteiger partial charge on any atom is -0.398 e. The maximum Gasteiger partial charge on any atom is 0.264 e. The number of hydrogen-bond acceptors (Lipinski definition) is 5. The molecule has 1 unspecified atom stereocenters. The first-order chi connectivity index (χ1) is 11.6. The number of rotatable bonds is 1. The molecule has 6 nitrogen and oxygen atoms in total. The lowest BCUT2D eigenvalue weighted by atomic mass is 9.92. The number of benzene rings is 1. The topological polar surface area (TPSA) is 95.0 Å². The van der Waals surface area contributed by atoms with Crippen molar-refractivity contribution in [2.24, 2.45) is 0 Å². The predicted molar refractivity (Wildman–Crippen MR) is 83.1 cm³/mol. The molecule has 0 bridgehead atoms. The molecular weight excluding hydrogens is 306 g/mol. The molecule has 114 valence electrons. The maximum absolute atomic E-state index is 13.0. The van der Waals surface area contributed by atoms with Crippen LogP contribution in [-0.4, -0.2) is 21.1 Å². The summed E-state index contributed by atoms with van der Waals surface area (Å²) in [5.74, 6) is -1.25. The number of nitrogen functional groups attached to an aromatic ring is 1. The van der Waals surface area contributed by atoms with E-state index in [1.807, 2.05) is 0 Å². The number of ketones is 2. The van der Waals surface area contributed by atoms with Crippen molar-refractivity contribution >= 4 is 39.8 Å². The van der Waals surface area contributed by atoms with Gasteiger partial charge in [-0.1, -0.05) is 11.6 Å². The van der Waals surface area contributed by atoms with Gasteiger partial charge in [0.05, 0.1) is 23.4 Å². The highest BCUT2D eigenvalue weighted by Crippen LogP contribution is 2.26.